The van der Waals surface area contributed by atoms with Gasteiger partial charge in [-0.05, 0) is 6.07 Å². The molecule has 18 heavy (non-hydrogen) atoms. The number of alkyl halides is 2. The first kappa shape index (κ1) is 12.5. The van der Waals surface area contributed by atoms with Crippen molar-refractivity contribution in [1.29, 1.82) is 0 Å². The average molecular weight is 254 g/mol. The van der Waals surface area contributed by atoms with E-state index in [-0.39, 0.29) is 11.7 Å². The molecule has 0 amide bonds. The molecule has 0 saturated carbocycles. The Morgan fingerprint density at radius 1 is 1.22 bits per heavy atom. The molecule has 0 aliphatic carbocycles. The van der Waals surface area contributed by atoms with Crippen LogP contribution in [0.25, 0.3) is 11.3 Å². The second-order valence-electron chi connectivity index (χ2n) is 4.01. The maximum Gasteiger partial charge on any atom is 0.387 e. The number of rotatable bonds is 4. The zero-order chi connectivity index (χ0) is 13.1. The zero-order valence-corrected chi connectivity index (χ0v) is 9.93. The van der Waals surface area contributed by atoms with Gasteiger partial charge in [0.25, 0.3) is 0 Å². The highest BCUT2D eigenvalue weighted by Gasteiger charge is 2.11. The molecule has 0 fully saturated rings. The topological polar surface area (TPSA) is 48.2 Å². The van der Waals surface area contributed by atoms with Gasteiger partial charge in [-0.15, -0.1) is 0 Å². The molecule has 2 heterocycles. The van der Waals surface area contributed by atoms with Gasteiger partial charge in [0.05, 0.1) is 12.4 Å². The predicted molar refractivity (Wildman–Crippen MR) is 60.5 cm³/mol. The smallest absolute Gasteiger partial charge is 0.387 e. The van der Waals surface area contributed by atoms with Gasteiger partial charge in [0.15, 0.2) is 11.7 Å². The third kappa shape index (κ3) is 2.82. The number of aromatic nitrogens is 2. The number of oxazole rings is 1. The molecule has 96 valence electrons. The summed E-state index contributed by atoms with van der Waals surface area (Å²) >= 11 is 0. The van der Waals surface area contributed by atoms with Crippen molar-refractivity contribution in [3.8, 4) is 17.1 Å². The molecule has 0 aliphatic rings. The SMILES string of the molecule is CC(C)c1ncc(-c2cncc(OC(F)F)c2)o1. The number of hydrogen-bond acceptors (Lipinski definition) is 4. The Morgan fingerprint density at radius 2 is 2.00 bits per heavy atom. The van der Waals surface area contributed by atoms with E-state index in [1.807, 2.05) is 13.8 Å². The molecule has 6 heteroatoms. The van der Waals surface area contributed by atoms with Crippen LogP contribution in [0.3, 0.4) is 0 Å². The molecule has 2 aromatic rings. The number of hydrogen-bond donors (Lipinski definition) is 0. The minimum Gasteiger partial charge on any atom is -0.440 e. The van der Waals surface area contributed by atoms with E-state index in [2.05, 4.69) is 14.7 Å². The first-order valence-corrected chi connectivity index (χ1v) is 5.42. The summed E-state index contributed by atoms with van der Waals surface area (Å²) in [6, 6.07) is 1.43. The molecule has 0 spiro atoms. The summed E-state index contributed by atoms with van der Waals surface area (Å²) in [5, 5.41) is 0. The van der Waals surface area contributed by atoms with E-state index in [1.54, 1.807) is 6.20 Å². The zero-order valence-electron chi connectivity index (χ0n) is 9.93. The molecular weight excluding hydrogens is 242 g/mol. The van der Waals surface area contributed by atoms with Crippen LogP contribution in [0.4, 0.5) is 8.78 Å². The van der Waals surface area contributed by atoms with Gasteiger partial charge in [0.2, 0.25) is 0 Å². The Balaban J connectivity index is 2.26. The Bertz CT molecular complexity index is 526. The predicted octanol–water partition coefficient (Wildman–Crippen LogP) is 3.46. The molecule has 0 aromatic carbocycles. The van der Waals surface area contributed by atoms with Crippen molar-refractivity contribution in [2.75, 3.05) is 0 Å². The number of ether oxygens (including phenoxy) is 1. The van der Waals surface area contributed by atoms with Crippen molar-refractivity contribution >= 4 is 0 Å². The summed E-state index contributed by atoms with van der Waals surface area (Å²) < 4.78 is 33.9. The van der Waals surface area contributed by atoms with Gasteiger partial charge in [-0.2, -0.15) is 8.78 Å². The second-order valence-corrected chi connectivity index (χ2v) is 4.01. The fourth-order valence-electron chi connectivity index (χ4n) is 1.41. The minimum atomic E-state index is -2.87. The Morgan fingerprint density at radius 3 is 2.61 bits per heavy atom. The van der Waals surface area contributed by atoms with Crippen LogP contribution in [0.1, 0.15) is 25.7 Å². The average Bonchev–Trinajstić information content (AvgIpc) is 2.77. The summed E-state index contributed by atoms with van der Waals surface area (Å²) in [4.78, 5) is 7.92. The number of nitrogens with zero attached hydrogens (tertiary/aromatic N) is 2. The van der Waals surface area contributed by atoms with E-state index < -0.39 is 6.61 Å². The summed E-state index contributed by atoms with van der Waals surface area (Å²) in [5.41, 5.74) is 0.549. The van der Waals surface area contributed by atoms with Gasteiger partial charge >= 0.3 is 6.61 Å². The van der Waals surface area contributed by atoms with Crippen molar-refractivity contribution in [2.45, 2.75) is 26.4 Å². The van der Waals surface area contributed by atoms with Crippen molar-refractivity contribution in [3.05, 3.63) is 30.5 Å². The summed E-state index contributed by atoms with van der Waals surface area (Å²) in [6.45, 7) is 1.02. The third-order valence-electron chi connectivity index (χ3n) is 2.24. The standard InChI is InChI=1S/C12H12F2N2O2/c1-7(2)11-16-6-10(18-11)8-3-9(5-15-4-8)17-12(13)14/h3-7,12H,1-2H3. The quantitative estimate of drug-likeness (QED) is 0.838. The van der Waals surface area contributed by atoms with Crippen LogP contribution in [0.2, 0.25) is 0 Å². The van der Waals surface area contributed by atoms with Gasteiger partial charge in [-0.3, -0.25) is 4.98 Å². The molecule has 0 N–H and O–H groups in total. The third-order valence-corrected chi connectivity index (χ3v) is 2.24. The van der Waals surface area contributed by atoms with Crippen molar-refractivity contribution in [1.82, 2.24) is 9.97 Å². The summed E-state index contributed by atoms with van der Waals surface area (Å²) in [5.74, 6) is 1.22. The summed E-state index contributed by atoms with van der Waals surface area (Å²) in [7, 11) is 0. The highest BCUT2D eigenvalue weighted by molar-refractivity contribution is 5.56. The van der Waals surface area contributed by atoms with Gasteiger partial charge < -0.3 is 9.15 Å². The van der Waals surface area contributed by atoms with Crippen LogP contribution < -0.4 is 4.74 Å². The van der Waals surface area contributed by atoms with Gasteiger partial charge in [-0.1, -0.05) is 13.8 Å². The van der Waals surface area contributed by atoms with Crippen molar-refractivity contribution in [3.63, 3.8) is 0 Å². The number of pyridine rings is 1. The molecule has 0 unspecified atom stereocenters. The largest absolute Gasteiger partial charge is 0.440 e. The lowest BCUT2D eigenvalue weighted by Crippen LogP contribution is -2.02. The number of halogens is 2. The van der Waals surface area contributed by atoms with Crippen LogP contribution in [-0.2, 0) is 0 Å². The van der Waals surface area contributed by atoms with Crippen LogP contribution >= 0.6 is 0 Å². The van der Waals surface area contributed by atoms with Crippen molar-refractivity contribution in [2.24, 2.45) is 0 Å². The lowest BCUT2D eigenvalue weighted by atomic mass is 10.2. The van der Waals surface area contributed by atoms with E-state index in [9.17, 15) is 8.78 Å². The van der Waals surface area contributed by atoms with E-state index in [4.69, 9.17) is 4.42 Å². The molecule has 0 bridgehead atoms. The van der Waals surface area contributed by atoms with Crippen molar-refractivity contribution < 1.29 is 17.9 Å². The molecule has 2 aromatic heterocycles. The van der Waals surface area contributed by atoms with E-state index in [0.29, 0.717) is 17.2 Å². The lowest BCUT2D eigenvalue weighted by molar-refractivity contribution is -0.0500. The molecular formula is C12H12F2N2O2. The van der Waals surface area contributed by atoms with Gasteiger partial charge in [-0.25, -0.2) is 4.98 Å². The first-order chi connectivity index (χ1) is 8.56. The lowest BCUT2D eigenvalue weighted by Gasteiger charge is -2.04. The fraction of sp³-hybridized carbons (Fsp3) is 0.333. The fourth-order valence-corrected chi connectivity index (χ4v) is 1.41. The molecule has 0 atom stereocenters. The van der Waals surface area contributed by atoms with E-state index >= 15 is 0 Å². The maximum atomic E-state index is 12.1. The highest BCUT2D eigenvalue weighted by Crippen LogP contribution is 2.26. The Hall–Kier alpha value is -1.98. The molecule has 0 aliphatic heterocycles. The van der Waals surface area contributed by atoms with Crippen LogP contribution in [0, 0.1) is 0 Å². The maximum absolute atomic E-state index is 12.1. The van der Waals surface area contributed by atoms with Crippen LogP contribution in [0.5, 0.6) is 5.75 Å². The Kier molecular flexibility index (Phi) is 3.55. The second kappa shape index (κ2) is 5.12. The Labute approximate surface area is 103 Å². The molecule has 2 rings (SSSR count). The first-order valence-electron chi connectivity index (χ1n) is 5.42. The summed E-state index contributed by atoms with van der Waals surface area (Å²) in [6.07, 6.45) is 4.26. The van der Waals surface area contributed by atoms with Crippen LogP contribution in [-0.4, -0.2) is 16.6 Å². The molecule has 0 saturated heterocycles. The molecule has 4 nitrogen and oxygen atoms in total. The normalized spacial score (nSPS) is 11.2. The monoisotopic (exact) mass is 254 g/mol. The van der Waals surface area contributed by atoms with Crippen LogP contribution in [0.15, 0.2) is 29.1 Å². The van der Waals surface area contributed by atoms with Gasteiger partial charge in [0.1, 0.15) is 5.75 Å². The van der Waals surface area contributed by atoms with E-state index in [0.717, 1.165) is 0 Å². The highest BCUT2D eigenvalue weighted by atomic mass is 19.3. The van der Waals surface area contributed by atoms with Gasteiger partial charge in [0, 0.05) is 17.7 Å². The minimum absolute atomic E-state index is 0.00926. The molecule has 0 radical (unpaired) electrons. The van der Waals surface area contributed by atoms with E-state index in [1.165, 1.54) is 18.5 Å².